The van der Waals surface area contributed by atoms with Crippen LogP contribution in [-0.4, -0.2) is 35.9 Å². The first-order valence-electron chi connectivity index (χ1n) is 4.96. The van der Waals surface area contributed by atoms with Gasteiger partial charge in [0.25, 0.3) is 0 Å². The van der Waals surface area contributed by atoms with Crippen LogP contribution in [0.25, 0.3) is 0 Å². The number of aliphatic carboxylic acids is 1. The fourth-order valence-corrected chi connectivity index (χ4v) is 1.63. The zero-order valence-electron chi connectivity index (χ0n) is 9.23. The third-order valence-corrected chi connectivity index (χ3v) is 2.45. The van der Waals surface area contributed by atoms with Crippen LogP contribution in [0.5, 0.6) is 0 Å². The molecule has 0 fully saturated rings. The van der Waals surface area contributed by atoms with Gasteiger partial charge in [0.1, 0.15) is 5.82 Å². The number of anilines is 1. The van der Waals surface area contributed by atoms with E-state index in [1.165, 1.54) is 23.1 Å². The van der Waals surface area contributed by atoms with Gasteiger partial charge in [0.15, 0.2) is 0 Å². The highest BCUT2D eigenvalue weighted by atomic mass is 35.5. The molecular weight excluding hydrogens is 249 g/mol. The molecule has 0 aromatic heterocycles. The number of hydrogen-bond acceptors (Lipinski definition) is 3. The van der Waals surface area contributed by atoms with E-state index in [2.05, 4.69) is 0 Å². The largest absolute Gasteiger partial charge is 0.481 e. The predicted octanol–water partition coefficient (Wildman–Crippen LogP) is 1.75. The van der Waals surface area contributed by atoms with Crippen LogP contribution in [0.3, 0.4) is 0 Å². The maximum absolute atomic E-state index is 13.4. The highest BCUT2D eigenvalue weighted by Gasteiger charge is 2.15. The Morgan fingerprint density at radius 1 is 1.59 bits per heavy atom. The van der Waals surface area contributed by atoms with Crippen LogP contribution in [0.15, 0.2) is 18.2 Å². The molecule has 1 unspecified atom stereocenters. The van der Waals surface area contributed by atoms with E-state index in [0.29, 0.717) is 5.02 Å². The second kappa shape index (κ2) is 5.84. The zero-order valence-corrected chi connectivity index (χ0v) is 9.99. The normalized spacial score (nSPS) is 12.2. The summed E-state index contributed by atoms with van der Waals surface area (Å²) < 4.78 is 13.4. The molecule has 0 radical (unpaired) electrons. The number of nitrogens with zero attached hydrogens (tertiary/aromatic N) is 1. The molecule has 0 aliphatic heterocycles. The third-order valence-electron chi connectivity index (χ3n) is 2.21. The third kappa shape index (κ3) is 4.20. The van der Waals surface area contributed by atoms with Gasteiger partial charge >= 0.3 is 5.97 Å². The summed E-state index contributed by atoms with van der Waals surface area (Å²) in [6, 6.07) is 4.06. The molecule has 4 nitrogen and oxygen atoms in total. The van der Waals surface area contributed by atoms with E-state index in [9.17, 15) is 14.3 Å². The SMILES string of the molecule is CN(CC(O)CC(=O)O)c1cc(Cl)ccc1F. The number of carboxylic acids is 1. The van der Waals surface area contributed by atoms with Gasteiger partial charge in [0.2, 0.25) is 0 Å². The number of carbonyl (C=O) groups is 1. The minimum atomic E-state index is -1.10. The number of rotatable bonds is 5. The van der Waals surface area contributed by atoms with Gasteiger partial charge in [-0.1, -0.05) is 11.6 Å². The summed E-state index contributed by atoms with van der Waals surface area (Å²) >= 11 is 5.73. The molecule has 0 aliphatic rings. The Hall–Kier alpha value is -1.33. The highest BCUT2D eigenvalue weighted by molar-refractivity contribution is 6.30. The summed E-state index contributed by atoms with van der Waals surface area (Å²) in [7, 11) is 1.56. The van der Waals surface area contributed by atoms with E-state index in [1.807, 2.05) is 0 Å². The summed E-state index contributed by atoms with van der Waals surface area (Å²) in [5.41, 5.74) is 0.224. The van der Waals surface area contributed by atoms with Gasteiger partial charge in [-0.05, 0) is 18.2 Å². The number of carboxylic acid groups (broad SMARTS) is 1. The molecule has 17 heavy (non-hydrogen) atoms. The molecule has 0 aliphatic carbocycles. The van der Waals surface area contributed by atoms with Crippen molar-refractivity contribution in [1.29, 1.82) is 0 Å². The summed E-state index contributed by atoms with van der Waals surface area (Å²) in [4.78, 5) is 11.8. The van der Waals surface area contributed by atoms with Crippen molar-refractivity contribution in [3.8, 4) is 0 Å². The van der Waals surface area contributed by atoms with Crippen molar-refractivity contribution >= 4 is 23.3 Å². The van der Waals surface area contributed by atoms with Crippen molar-refractivity contribution in [3.05, 3.63) is 29.0 Å². The average molecular weight is 262 g/mol. The van der Waals surface area contributed by atoms with Gasteiger partial charge < -0.3 is 15.1 Å². The fraction of sp³-hybridized carbons (Fsp3) is 0.364. The van der Waals surface area contributed by atoms with Crippen LogP contribution in [0.4, 0.5) is 10.1 Å². The van der Waals surface area contributed by atoms with Gasteiger partial charge in [-0.25, -0.2) is 4.39 Å². The molecule has 0 heterocycles. The van der Waals surface area contributed by atoms with E-state index in [4.69, 9.17) is 16.7 Å². The first-order chi connectivity index (χ1) is 7.90. The molecule has 2 N–H and O–H groups in total. The molecule has 0 saturated carbocycles. The Bertz CT molecular complexity index is 414. The number of halogens is 2. The van der Waals surface area contributed by atoms with E-state index in [-0.39, 0.29) is 18.7 Å². The van der Waals surface area contributed by atoms with Crippen molar-refractivity contribution in [2.75, 3.05) is 18.5 Å². The van der Waals surface area contributed by atoms with Crippen molar-refractivity contribution in [1.82, 2.24) is 0 Å². The monoisotopic (exact) mass is 261 g/mol. The number of aliphatic hydroxyl groups is 1. The van der Waals surface area contributed by atoms with Gasteiger partial charge in [-0.15, -0.1) is 0 Å². The lowest BCUT2D eigenvalue weighted by Crippen LogP contribution is -2.31. The maximum atomic E-state index is 13.4. The second-order valence-corrected chi connectivity index (χ2v) is 4.16. The van der Waals surface area contributed by atoms with Crippen LogP contribution in [-0.2, 0) is 4.79 Å². The molecule has 6 heteroatoms. The Balaban J connectivity index is 2.72. The number of likely N-dealkylation sites (N-methyl/N-ethyl adjacent to an activating group) is 1. The first kappa shape index (κ1) is 13.7. The highest BCUT2D eigenvalue weighted by Crippen LogP contribution is 2.22. The molecule has 1 atom stereocenters. The topological polar surface area (TPSA) is 60.8 Å². The number of benzene rings is 1. The van der Waals surface area contributed by atoms with E-state index in [0.717, 1.165) is 0 Å². The van der Waals surface area contributed by atoms with Crippen molar-refractivity contribution in [2.24, 2.45) is 0 Å². The minimum Gasteiger partial charge on any atom is -0.481 e. The Labute approximate surface area is 103 Å². The summed E-state index contributed by atoms with van der Waals surface area (Å²) in [5, 5.41) is 18.3. The summed E-state index contributed by atoms with van der Waals surface area (Å²) in [6.45, 7) is 0.0174. The van der Waals surface area contributed by atoms with Crippen molar-refractivity contribution < 1.29 is 19.4 Å². The van der Waals surface area contributed by atoms with Crippen LogP contribution in [0, 0.1) is 5.82 Å². The molecule has 0 spiro atoms. The number of hydrogen-bond donors (Lipinski definition) is 2. The Morgan fingerprint density at radius 3 is 2.82 bits per heavy atom. The summed E-state index contributed by atoms with van der Waals surface area (Å²) in [6.07, 6.45) is -1.44. The Morgan fingerprint density at radius 2 is 2.24 bits per heavy atom. The average Bonchev–Trinajstić information content (AvgIpc) is 2.20. The molecule has 1 aromatic carbocycles. The first-order valence-corrected chi connectivity index (χ1v) is 5.34. The van der Waals surface area contributed by atoms with Crippen molar-refractivity contribution in [3.63, 3.8) is 0 Å². The van der Waals surface area contributed by atoms with Gasteiger partial charge in [0.05, 0.1) is 18.2 Å². The van der Waals surface area contributed by atoms with E-state index < -0.39 is 17.9 Å². The lowest BCUT2D eigenvalue weighted by Gasteiger charge is -2.22. The van der Waals surface area contributed by atoms with Crippen molar-refractivity contribution in [2.45, 2.75) is 12.5 Å². The fourth-order valence-electron chi connectivity index (χ4n) is 1.46. The van der Waals surface area contributed by atoms with Crippen LogP contribution >= 0.6 is 11.6 Å². The van der Waals surface area contributed by atoms with Gasteiger partial charge in [-0.2, -0.15) is 0 Å². The van der Waals surface area contributed by atoms with Gasteiger partial charge in [-0.3, -0.25) is 4.79 Å². The number of aliphatic hydroxyl groups excluding tert-OH is 1. The lowest BCUT2D eigenvalue weighted by molar-refractivity contribution is -0.139. The summed E-state index contributed by atoms with van der Waals surface area (Å²) in [5.74, 6) is -1.57. The zero-order chi connectivity index (χ0) is 13.0. The van der Waals surface area contributed by atoms with E-state index in [1.54, 1.807) is 7.05 Å². The predicted molar refractivity (Wildman–Crippen MR) is 62.9 cm³/mol. The molecular formula is C11H13ClFNO3. The van der Waals surface area contributed by atoms with Crippen LogP contribution < -0.4 is 4.90 Å². The molecule has 1 rings (SSSR count). The minimum absolute atomic E-state index is 0.0174. The van der Waals surface area contributed by atoms with Crippen LogP contribution in [0.2, 0.25) is 5.02 Å². The quantitative estimate of drug-likeness (QED) is 0.848. The smallest absolute Gasteiger partial charge is 0.306 e. The second-order valence-electron chi connectivity index (χ2n) is 3.73. The molecule has 1 aromatic rings. The maximum Gasteiger partial charge on any atom is 0.306 e. The molecule has 0 amide bonds. The van der Waals surface area contributed by atoms with Gasteiger partial charge in [0, 0.05) is 18.6 Å². The molecule has 0 saturated heterocycles. The van der Waals surface area contributed by atoms with E-state index >= 15 is 0 Å². The molecule has 0 bridgehead atoms. The molecule has 94 valence electrons. The Kier molecular flexibility index (Phi) is 4.72. The lowest BCUT2D eigenvalue weighted by atomic mass is 10.2. The standard InChI is InChI=1S/C11H13ClFNO3/c1-14(6-8(15)5-11(16)17)10-4-7(12)2-3-9(10)13/h2-4,8,15H,5-6H2,1H3,(H,16,17). The van der Waals surface area contributed by atoms with Crippen LogP contribution in [0.1, 0.15) is 6.42 Å².